The number of rotatable bonds is 8. The first-order valence-electron chi connectivity index (χ1n) is 13.5. The molecule has 1 heterocycles. The molecule has 0 aliphatic heterocycles. The van der Waals surface area contributed by atoms with Crippen molar-refractivity contribution in [2.75, 3.05) is 20.2 Å². The zero-order chi connectivity index (χ0) is 27.3. The molecule has 0 N–H and O–H groups in total. The van der Waals surface area contributed by atoms with Crippen LogP contribution in [0.4, 0.5) is 4.39 Å². The van der Waals surface area contributed by atoms with Crippen molar-refractivity contribution in [3.05, 3.63) is 88.5 Å². The van der Waals surface area contributed by atoms with Gasteiger partial charge in [0.15, 0.2) is 0 Å². The van der Waals surface area contributed by atoms with Crippen LogP contribution in [0.1, 0.15) is 60.1 Å². The third-order valence-electron chi connectivity index (χ3n) is 8.42. The second kappa shape index (κ2) is 10.0. The number of nitrogens with zero attached hydrogens (tertiary/aromatic N) is 3. The SMILES string of the molecule is COC(=O)c1ccccc1S(=O)(=O)N(CC1CC1)C[C@H]1CCC2=C1[C@@H](C)c1cnn(-c3ccc(F)cc3)c1C2. The highest BCUT2D eigenvalue weighted by Crippen LogP contribution is 2.48. The second-order valence-corrected chi connectivity index (χ2v) is 12.8. The molecule has 0 radical (unpaired) electrons. The molecule has 0 saturated heterocycles. The van der Waals surface area contributed by atoms with E-state index in [9.17, 15) is 17.6 Å². The average Bonchev–Trinajstić information content (AvgIpc) is 3.51. The molecule has 0 spiro atoms. The standard InChI is InChI=1S/C30H32FN3O4S/c1-19-26-16-32-34(24-13-11-23(31)12-14-24)27(26)15-21-9-10-22(29(19)21)18-33(17-20-7-8-20)39(36,37)28-6-4-3-5-25(28)30(35)38-2/h3-6,11-14,16,19-20,22H,7-10,15,17-18H2,1-2H3/t19-,22+/m0/s1. The lowest BCUT2D eigenvalue weighted by molar-refractivity contribution is 0.0596. The summed E-state index contributed by atoms with van der Waals surface area (Å²) in [6.07, 6.45) is 6.49. The number of sulfonamides is 1. The lowest BCUT2D eigenvalue weighted by Crippen LogP contribution is -2.38. The average molecular weight is 550 g/mol. The lowest BCUT2D eigenvalue weighted by atomic mass is 9.80. The van der Waals surface area contributed by atoms with Crippen LogP contribution in [-0.2, 0) is 21.2 Å². The number of fused-ring (bicyclic) bond motifs is 1. The van der Waals surface area contributed by atoms with Crippen molar-refractivity contribution in [3.8, 4) is 5.69 Å². The minimum Gasteiger partial charge on any atom is -0.465 e. The summed E-state index contributed by atoms with van der Waals surface area (Å²) in [6.45, 7) is 3.02. The van der Waals surface area contributed by atoms with E-state index in [1.165, 1.54) is 42.5 Å². The Kier molecular flexibility index (Phi) is 6.67. The van der Waals surface area contributed by atoms with E-state index in [-0.39, 0.29) is 28.1 Å². The van der Waals surface area contributed by atoms with Crippen LogP contribution in [0, 0.1) is 17.7 Å². The van der Waals surface area contributed by atoms with Crippen LogP contribution in [0.3, 0.4) is 0 Å². The largest absolute Gasteiger partial charge is 0.465 e. The molecule has 0 bridgehead atoms. The normalized spacial score (nSPS) is 20.7. The highest BCUT2D eigenvalue weighted by Gasteiger charge is 2.40. The Morgan fingerprint density at radius 3 is 2.56 bits per heavy atom. The molecular formula is C30H32FN3O4S. The molecule has 204 valence electrons. The van der Waals surface area contributed by atoms with Crippen molar-refractivity contribution >= 4 is 16.0 Å². The third kappa shape index (κ3) is 4.72. The lowest BCUT2D eigenvalue weighted by Gasteiger charge is -2.31. The Hall–Kier alpha value is -3.30. The van der Waals surface area contributed by atoms with E-state index in [0.717, 1.165) is 49.0 Å². The Morgan fingerprint density at radius 1 is 1.10 bits per heavy atom. The van der Waals surface area contributed by atoms with Gasteiger partial charge in [-0.15, -0.1) is 0 Å². The molecule has 7 nitrogen and oxygen atoms in total. The molecule has 3 aromatic rings. The number of ether oxygens (including phenoxy) is 1. The van der Waals surface area contributed by atoms with Crippen LogP contribution in [0.25, 0.3) is 5.69 Å². The highest BCUT2D eigenvalue weighted by atomic mass is 32.2. The molecule has 1 fully saturated rings. The summed E-state index contributed by atoms with van der Waals surface area (Å²) < 4.78 is 49.9. The van der Waals surface area contributed by atoms with E-state index < -0.39 is 16.0 Å². The predicted molar refractivity (Wildman–Crippen MR) is 145 cm³/mol. The Morgan fingerprint density at radius 2 is 1.85 bits per heavy atom. The maximum atomic E-state index is 14.0. The summed E-state index contributed by atoms with van der Waals surface area (Å²) in [4.78, 5) is 12.4. The minimum absolute atomic E-state index is 0.00394. The number of aromatic nitrogens is 2. The van der Waals surface area contributed by atoms with E-state index in [2.05, 4.69) is 12.0 Å². The summed E-state index contributed by atoms with van der Waals surface area (Å²) in [6, 6.07) is 12.7. The number of esters is 1. The molecule has 6 rings (SSSR count). The Labute approximate surface area is 228 Å². The van der Waals surface area contributed by atoms with Crippen LogP contribution in [0.5, 0.6) is 0 Å². The summed E-state index contributed by atoms with van der Waals surface area (Å²) >= 11 is 0. The van der Waals surface area contributed by atoms with Gasteiger partial charge in [-0.2, -0.15) is 9.40 Å². The maximum Gasteiger partial charge on any atom is 0.339 e. The zero-order valence-corrected chi connectivity index (χ0v) is 23.0. The van der Waals surface area contributed by atoms with Gasteiger partial charge in [-0.05, 0) is 73.9 Å². The first kappa shape index (κ1) is 26.0. The summed E-state index contributed by atoms with van der Waals surface area (Å²) in [7, 11) is -2.66. The van der Waals surface area contributed by atoms with Gasteiger partial charge in [0.05, 0.1) is 35.1 Å². The van der Waals surface area contributed by atoms with Crippen LogP contribution >= 0.6 is 0 Å². The number of carbonyl (C=O) groups is 1. The van der Waals surface area contributed by atoms with Gasteiger partial charge in [0.2, 0.25) is 10.0 Å². The van der Waals surface area contributed by atoms with Crippen LogP contribution in [0.2, 0.25) is 0 Å². The number of hydrogen-bond acceptors (Lipinski definition) is 5. The number of methoxy groups -OCH3 is 1. The number of hydrogen-bond donors (Lipinski definition) is 0. The number of halogens is 1. The van der Waals surface area contributed by atoms with Crippen LogP contribution in [-0.4, -0.2) is 48.7 Å². The van der Waals surface area contributed by atoms with Gasteiger partial charge in [-0.1, -0.05) is 30.2 Å². The van der Waals surface area contributed by atoms with E-state index in [4.69, 9.17) is 4.74 Å². The first-order chi connectivity index (χ1) is 18.8. The van der Waals surface area contributed by atoms with Crippen molar-refractivity contribution in [1.29, 1.82) is 0 Å². The van der Waals surface area contributed by atoms with E-state index in [0.29, 0.717) is 19.0 Å². The molecule has 2 atom stereocenters. The van der Waals surface area contributed by atoms with Gasteiger partial charge in [0.1, 0.15) is 5.82 Å². The molecule has 2 aromatic carbocycles. The first-order valence-corrected chi connectivity index (χ1v) is 14.9. The molecule has 39 heavy (non-hydrogen) atoms. The molecule has 1 aromatic heterocycles. The van der Waals surface area contributed by atoms with Crippen molar-refractivity contribution in [1.82, 2.24) is 14.1 Å². The van der Waals surface area contributed by atoms with Gasteiger partial charge >= 0.3 is 5.97 Å². The molecule has 0 unspecified atom stereocenters. The van der Waals surface area contributed by atoms with E-state index in [1.807, 2.05) is 10.9 Å². The molecule has 3 aliphatic carbocycles. The maximum absolute atomic E-state index is 14.0. The van der Waals surface area contributed by atoms with Crippen molar-refractivity contribution in [3.63, 3.8) is 0 Å². The van der Waals surface area contributed by atoms with Gasteiger partial charge in [0, 0.05) is 31.0 Å². The van der Waals surface area contributed by atoms with Gasteiger partial charge in [0.25, 0.3) is 0 Å². The number of allylic oxidation sites excluding steroid dienone is 1. The predicted octanol–water partition coefficient (Wildman–Crippen LogP) is 5.27. The van der Waals surface area contributed by atoms with Crippen molar-refractivity contribution in [2.45, 2.75) is 49.8 Å². The molecule has 0 amide bonds. The Balaban J connectivity index is 1.30. The molecular weight excluding hydrogens is 517 g/mol. The van der Waals surface area contributed by atoms with E-state index >= 15 is 0 Å². The quantitative estimate of drug-likeness (QED) is 0.283. The monoisotopic (exact) mass is 549 g/mol. The fraction of sp³-hybridized carbons (Fsp3) is 0.400. The number of benzene rings is 2. The van der Waals surface area contributed by atoms with Gasteiger partial charge < -0.3 is 4.74 Å². The topological polar surface area (TPSA) is 81.5 Å². The third-order valence-corrected chi connectivity index (χ3v) is 10.3. The molecule has 3 aliphatic rings. The highest BCUT2D eigenvalue weighted by molar-refractivity contribution is 7.89. The molecule has 9 heteroatoms. The van der Waals surface area contributed by atoms with E-state index in [1.54, 1.807) is 28.6 Å². The van der Waals surface area contributed by atoms with Crippen molar-refractivity contribution < 1.29 is 22.3 Å². The van der Waals surface area contributed by atoms with Crippen molar-refractivity contribution in [2.24, 2.45) is 11.8 Å². The van der Waals surface area contributed by atoms with Gasteiger partial charge in [-0.3, -0.25) is 0 Å². The summed E-state index contributed by atoms with van der Waals surface area (Å²) in [5, 5.41) is 4.64. The fourth-order valence-electron chi connectivity index (χ4n) is 6.29. The van der Waals surface area contributed by atoms with Crippen LogP contribution in [0.15, 0.2) is 70.8 Å². The zero-order valence-electron chi connectivity index (χ0n) is 22.1. The van der Waals surface area contributed by atoms with Crippen LogP contribution < -0.4 is 0 Å². The minimum atomic E-state index is -3.92. The Bertz CT molecular complexity index is 1560. The summed E-state index contributed by atoms with van der Waals surface area (Å²) in [5.74, 6) is -0.381. The smallest absolute Gasteiger partial charge is 0.339 e. The number of carbonyl (C=O) groups excluding carboxylic acids is 1. The molecule has 1 saturated carbocycles. The fourth-order valence-corrected chi connectivity index (χ4v) is 8.03. The van der Waals surface area contributed by atoms with Gasteiger partial charge in [-0.25, -0.2) is 22.3 Å². The summed E-state index contributed by atoms with van der Waals surface area (Å²) in [5.41, 5.74) is 5.81. The second-order valence-electron chi connectivity index (χ2n) is 10.9.